The summed E-state index contributed by atoms with van der Waals surface area (Å²) >= 11 is 0. The van der Waals surface area contributed by atoms with Crippen molar-refractivity contribution in [1.82, 2.24) is 15.1 Å². The smallest absolute Gasteiger partial charge is 0.387 e. The van der Waals surface area contributed by atoms with Crippen LogP contribution >= 0.6 is 0 Å². The molecule has 32 heavy (non-hydrogen) atoms. The minimum atomic E-state index is -2.92. The second-order valence-corrected chi connectivity index (χ2v) is 7.07. The average Bonchev–Trinajstić information content (AvgIpc) is 3.06. The lowest BCUT2D eigenvalue weighted by Crippen LogP contribution is -2.23. The van der Waals surface area contributed by atoms with Gasteiger partial charge >= 0.3 is 6.61 Å². The number of carbonyl (C=O) groups excluding carboxylic acids is 1. The molecular formula is C24H25F2N3O3. The van der Waals surface area contributed by atoms with E-state index in [4.69, 9.17) is 4.74 Å². The van der Waals surface area contributed by atoms with Gasteiger partial charge in [0, 0.05) is 23.9 Å². The fraction of sp³-hybridized carbons (Fsp3) is 0.250. The lowest BCUT2D eigenvalue weighted by Gasteiger charge is -2.11. The van der Waals surface area contributed by atoms with Gasteiger partial charge in [0.05, 0.1) is 18.5 Å². The van der Waals surface area contributed by atoms with E-state index in [-0.39, 0.29) is 17.4 Å². The molecule has 1 amide bonds. The first-order valence-corrected chi connectivity index (χ1v) is 10.1. The first-order chi connectivity index (χ1) is 15.4. The Balaban J connectivity index is 1.58. The highest BCUT2D eigenvalue weighted by atomic mass is 19.3. The Morgan fingerprint density at radius 3 is 2.59 bits per heavy atom. The topological polar surface area (TPSA) is 65.4 Å². The summed E-state index contributed by atoms with van der Waals surface area (Å²) in [6.45, 7) is 1.31. The largest absolute Gasteiger partial charge is 0.493 e. The van der Waals surface area contributed by atoms with E-state index in [1.54, 1.807) is 18.2 Å². The number of ether oxygens (including phenoxy) is 2. The molecule has 0 radical (unpaired) electrons. The number of amides is 1. The summed E-state index contributed by atoms with van der Waals surface area (Å²) in [5, 5.41) is 7.38. The number of rotatable bonds is 9. The molecule has 0 unspecified atom stereocenters. The van der Waals surface area contributed by atoms with Crippen LogP contribution in [0.15, 0.2) is 54.6 Å². The van der Waals surface area contributed by atoms with Crippen molar-refractivity contribution in [2.75, 3.05) is 13.7 Å². The predicted molar refractivity (Wildman–Crippen MR) is 118 cm³/mol. The summed E-state index contributed by atoms with van der Waals surface area (Å²) in [5.74, 6) is -0.0451. The summed E-state index contributed by atoms with van der Waals surface area (Å²) in [6.07, 6.45) is 3.74. The molecule has 0 aliphatic heterocycles. The van der Waals surface area contributed by atoms with Crippen LogP contribution in [0.1, 0.15) is 22.5 Å². The van der Waals surface area contributed by atoms with Crippen molar-refractivity contribution in [3.8, 4) is 17.2 Å². The number of benzene rings is 2. The number of aromatic nitrogens is 2. The van der Waals surface area contributed by atoms with Crippen molar-refractivity contribution in [1.29, 1.82) is 0 Å². The highest BCUT2D eigenvalue weighted by Crippen LogP contribution is 2.29. The van der Waals surface area contributed by atoms with Gasteiger partial charge in [-0.2, -0.15) is 13.9 Å². The number of nitrogens with zero attached hydrogens (tertiary/aromatic N) is 2. The molecule has 168 valence electrons. The molecule has 3 rings (SSSR count). The van der Waals surface area contributed by atoms with Gasteiger partial charge in [-0.1, -0.05) is 24.3 Å². The number of hydrogen-bond donors (Lipinski definition) is 1. The van der Waals surface area contributed by atoms with Crippen molar-refractivity contribution < 1.29 is 23.0 Å². The van der Waals surface area contributed by atoms with Crippen LogP contribution in [0.3, 0.4) is 0 Å². The third-order valence-corrected chi connectivity index (χ3v) is 4.91. The Bertz CT molecular complexity index is 1100. The number of carbonyl (C=O) groups is 1. The second-order valence-electron chi connectivity index (χ2n) is 7.07. The molecule has 1 heterocycles. The van der Waals surface area contributed by atoms with Gasteiger partial charge in [-0.05, 0) is 56.2 Å². The van der Waals surface area contributed by atoms with E-state index in [9.17, 15) is 13.6 Å². The standard InChI is InChI=1S/C24H25F2N3O3/c1-16-20(17(2)29(28-16)19-7-5-4-6-8-19)10-12-23(30)27-14-13-18-9-11-21(32-24(25)26)22(15-18)31-3/h4-12,15,24H,13-14H2,1-3H3,(H,27,30)/b12-10+. The van der Waals surface area contributed by atoms with E-state index in [0.717, 1.165) is 28.2 Å². The fourth-order valence-electron chi connectivity index (χ4n) is 3.33. The highest BCUT2D eigenvalue weighted by molar-refractivity contribution is 5.92. The van der Waals surface area contributed by atoms with Crippen LogP contribution < -0.4 is 14.8 Å². The molecule has 0 aliphatic rings. The summed E-state index contributed by atoms with van der Waals surface area (Å²) in [6, 6.07) is 14.5. The van der Waals surface area contributed by atoms with E-state index < -0.39 is 6.61 Å². The van der Waals surface area contributed by atoms with Crippen molar-refractivity contribution >= 4 is 12.0 Å². The molecule has 1 aromatic heterocycles. The van der Waals surface area contributed by atoms with Gasteiger partial charge in [-0.3, -0.25) is 4.79 Å². The van der Waals surface area contributed by atoms with E-state index in [2.05, 4.69) is 15.2 Å². The molecule has 0 fully saturated rings. The fourth-order valence-corrected chi connectivity index (χ4v) is 3.33. The highest BCUT2D eigenvalue weighted by Gasteiger charge is 2.12. The monoisotopic (exact) mass is 441 g/mol. The third kappa shape index (κ3) is 5.72. The molecule has 0 saturated carbocycles. The van der Waals surface area contributed by atoms with E-state index in [1.807, 2.05) is 48.9 Å². The number of aryl methyl sites for hydroxylation is 1. The van der Waals surface area contributed by atoms with Crippen molar-refractivity contribution in [3.05, 3.63) is 77.1 Å². The van der Waals surface area contributed by atoms with E-state index in [1.165, 1.54) is 19.3 Å². The van der Waals surface area contributed by atoms with E-state index in [0.29, 0.717) is 13.0 Å². The average molecular weight is 441 g/mol. The molecule has 0 bridgehead atoms. The zero-order valence-corrected chi connectivity index (χ0v) is 18.1. The van der Waals surface area contributed by atoms with Crippen LogP contribution in [0.4, 0.5) is 8.78 Å². The van der Waals surface area contributed by atoms with Gasteiger partial charge < -0.3 is 14.8 Å². The Morgan fingerprint density at radius 1 is 1.16 bits per heavy atom. The van der Waals surface area contributed by atoms with Crippen LogP contribution in [0.2, 0.25) is 0 Å². The summed E-state index contributed by atoms with van der Waals surface area (Å²) in [7, 11) is 1.38. The van der Waals surface area contributed by atoms with Gasteiger partial charge in [0.2, 0.25) is 5.91 Å². The maximum absolute atomic E-state index is 12.4. The van der Waals surface area contributed by atoms with Crippen LogP contribution in [0.5, 0.6) is 11.5 Å². The number of para-hydroxylation sites is 1. The first kappa shape index (κ1) is 23.0. The van der Waals surface area contributed by atoms with Crippen LogP contribution in [0, 0.1) is 13.8 Å². The lowest BCUT2D eigenvalue weighted by molar-refractivity contribution is -0.116. The normalized spacial score (nSPS) is 11.2. The number of methoxy groups -OCH3 is 1. The zero-order chi connectivity index (χ0) is 23.1. The molecule has 2 aromatic carbocycles. The maximum atomic E-state index is 12.4. The number of halogens is 2. The molecule has 8 heteroatoms. The lowest BCUT2D eigenvalue weighted by atomic mass is 10.1. The predicted octanol–water partition coefficient (Wildman–Crippen LogP) is 4.47. The first-order valence-electron chi connectivity index (χ1n) is 10.1. The van der Waals surface area contributed by atoms with Gasteiger partial charge in [0.1, 0.15) is 0 Å². The third-order valence-electron chi connectivity index (χ3n) is 4.91. The van der Waals surface area contributed by atoms with Gasteiger partial charge in [-0.25, -0.2) is 4.68 Å². The molecule has 1 N–H and O–H groups in total. The van der Waals surface area contributed by atoms with Crippen molar-refractivity contribution in [2.45, 2.75) is 26.9 Å². The Morgan fingerprint density at radius 2 is 1.91 bits per heavy atom. The SMILES string of the molecule is COc1cc(CCNC(=O)/C=C/c2c(C)nn(-c3ccccc3)c2C)ccc1OC(F)F. The molecule has 0 spiro atoms. The Hall–Kier alpha value is -3.68. The van der Waals surface area contributed by atoms with Gasteiger partial charge in [0.25, 0.3) is 0 Å². The summed E-state index contributed by atoms with van der Waals surface area (Å²) in [5.41, 5.74) is 4.44. The number of alkyl halides is 2. The Labute approximate surface area is 185 Å². The zero-order valence-electron chi connectivity index (χ0n) is 18.1. The maximum Gasteiger partial charge on any atom is 0.387 e. The molecule has 0 saturated heterocycles. The van der Waals surface area contributed by atoms with Gasteiger partial charge in [0.15, 0.2) is 11.5 Å². The quantitative estimate of drug-likeness (QED) is 0.498. The van der Waals surface area contributed by atoms with E-state index >= 15 is 0 Å². The van der Waals surface area contributed by atoms with Gasteiger partial charge in [-0.15, -0.1) is 0 Å². The number of hydrogen-bond acceptors (Lipinski definition) is 4. The summed E-state index contributed by atoms with van der Waals surface area (Å²) < 4.78 is 36.2. The summed E-state index contributed by atoms with van der Waals surface area (Å²) in [4.78, 5) is 12.3. The van der Waals surface area contributed by atoms with Crippen molar-refractivity contribution in [2.24, 2.45) is 0 Å². The molecule has 0 atom stereocenters. The molecule has 6 nitrogen and oxygen atoms in total. The molecular weight excluding hydrogens is 416 g/mol. The molecule has 3 aromatic rings. The minimum Gasteiger partial charge on any atom is -0.493 e. The minimum absolute atomic E-state index is 0.0278. The van der Waals surface area contributed by atoms with Crippen LogP contribution in [-0.2, 0) is 11.2 Å². The Kier molecular flexibility index (Phi) is 7.59. The van der Waals surface area contributed by atoms with Crippen molar-refractivity contribution in [3.63, 3.8) is 0 Å². The van der Waals surface area contributed by atoms with Crippen LogP contribution in [-0.4, -0.2) is 36.0 Å². The number of nitrogens with one attached hydrogen (secondary N) is 1. The van der Waals surface area contributed by atoms with Crippen LogP contribution in [0.25, 0.3) is 11.8 Å². The molecule has 0 aliphatic carbocycles. The second kappa shape index (κ2) is 10.6.